The molecular weight excluding hydrogens is 316 g/mol. The molecule has 1 nitrogen and oxygen atoms in total. The molecule has 2 unspecified atom stereocenters. The van der Waals surface area contributed by atoms with Crippen molar-refractivity contribution in [3.8, 4) is 0 Å². The van der Waals surface area contributed by atoms with E-state index in [4.69, 9.17) is 0 Å². The maximum atomic E-state index is 12.6. The predicted octanol–water partition coefficient (Wildman–Crippen LogP) is 8.67. The number of allylic oxidation sites excluding steroid dienone is 2. The number of unbranched alkanes of at least 4 members (excludes halogenated alkanes) is 4. The highest BCUT2D eigenvalue weighted by molar-refractivity contribution is 5.94. The number of ketones is 1. The molecule has 0 saturated heterocycles. The third kappa shape index (κ3) is 11.2. The first-order chi connectivity index (χ1) is 12.5. The summed E-state index contributed by atoms with van der Waals surface area (Å²) >= 11 is 0. The first-order valence-corrected chi connectivity index (χ1v) is 11.7. The van der Waals surface area contributed by atoms with Crippen molar-refractivity contribution in [3.05, 3.63) is 11.1 Å². The maximum Gasteiger partial charge on any atom is 0.155 e. The molecule has 0 amide bonds. The Labute approximate surface area is 165 Å². The van der Waals surface area contributed by atoms with E-state index in [-0.39, 0.29) is 0 Å². The normalized spacial score (nSPS) is 14.8. The maximum absolute atomic E-state index is 12.6. The van der Waals surface area contributed by atoms with E-state index in [0.717, 1.165) is 18.8 Å². The minimum atomic E-state index is 0.344. The molecule has 0 aromatic rings. The zero-order valence-electron chi connectivity index (χ0n) is 19.0. The van der Waals surface area contributed by atoms with Crippen LogP contribution in [0.15, 0.2) is 11.1 Å². The van der Waals surface area contributed by atoms with Gasteiger partial charge in [0, 0.05) is 0 Å². The summed E-state index contributed by atoms with van der Waals surface area (Å²) in [5, 5.41) is 0. The summed E-state index contributed by atoms with van der Waals surface area (Å²) in [6, 6.07) is 0. The Morgan fingerprint density at radius 3 is 1.62 bits per heavy atom. The molecule has 0 heterocycles. The lowest BCUT2D eigenvalue weighted by atomic mass is 9.82. The van der Waals surface area contributed by atoms with Crippen molar-refractivity contribution in [2.45, 2.75) is 131 Å². The summed E-state index contributed by atoms with van der Waals surface area (Å²) in [5.74, 6) is 1.79. The van der Waals surface area contributed by atoms with Crippen molar-refractivity contribution in [1.29, 1.82) is 0 Å². The van der Waals surface area contributed by atoms with E-state index in [1.807, 2.05) is 6.92 Å². The Bertz CT molecular complexity index is 380. The van der Waals surface area contributed by atoms with Crippen LogP contribution in [0.4, 0.5) is 0 Å². The van der Waals surface area contributed by atoms with E-state index in [9.17, 15) is 4.79 Å². The molecule has 0 aliphatic carbocycles. The van der Waals surface area contributed by atoms with Crippen LogP contribution in [0.1, 0.15) is 131 Å². The summed E-state index contributed by atoms with van der Waals surface area (Å²) in [6.07, 6.45) is 17.3. The van der Waals surface area contributed by atoms with Crippen molar-refractivity contribution in [1.82, 2.24) is 0 Å². The van der Waals surface area contributed by atoms with Gasteiger partial charge in [-0.3, -0.25) is 4.79 Å². The zero-order chi connectivity index (χ0) is 19.8. The molecule has 26 heavy (non-hydrogen) atoms. The molecule has 0 radical (unpaired) electrons. The van der Waals surface area contributed by atoms with Crippen LogP contribution in [0.5, 0.6) is 0 Å². The van der Waals surface area contributed by atoms with Gasteiger partial charge in [0.25, 0.3) is 0 Å². The highest BCUT2D eigenvalue weighted by Crippen LogP contribution is 2.31. The average molecular weight is 365 g/mol. The fraction of sp³-hybridized carbons (Fsp3) is 0.880. The largest absolute Gasteiger partial charge is 0.295 e. The molecule has 0 aliphatic rings. The van der Waals surface area contributed by atoms with Crippen LogP contribution in [-0.2, 0) is 4.79 Å². The molecule has 0 bridgehead atoms. The smallest absolute Gasteiger partial charge is 0.155 e. The first-order valence-electron chi connectivity index (χ1n) is 11.7. The summed E-state index contributed by atoms with van der Waals surface area (Å²) in [6.45, 7) is 13.3. The molecule has 0 rings (SSSR count). The van der Waals surface area contributed by atoms with Crippen LogP contribution in [0, 0.1) is 11.8 Å². The molecule has 0 fully saturated rings. The number of hydrogen-bond acceptors (Lipinski definition) is 1. The molecular formula is C25H48O. The third-order valence-electron chi connectivity index (χ3n) is 6.05. The van der Waals surface area contributed by atoms with Gasteiger partial charge in [0.2, 0.25) is 0 Å². The zero-order valence-corrected chi connectivity index (χ0v) is 19.0. The van der Waals surface area contributed by atoms with E-state index in [0.29, 0.717) is 11.7 Å². The number of rotatable bonds is 17. The minimum Gasteiger partial charge on any atom is -0.295 e. The lowest BCUT2D eigenvalue weighted by Gasteiger charge is -2.23. The molecule has 0 aliphatic heterocycles. The van der Waals surface area contributed by atoms with Crippen molar-refractivity contribution >= 4 is 5.78 Å². The second-order valence-corrected chi connectivity index (χ2v) is 8.34. The van der Waals surface area contributed by atoms with Gasteiger partial charge in [-0.15, -0.1) is 0 Å². The third-order valence-corrected chi connectivity index (χ3v) is 6.05. The molecule has 0 aromatic heterocycles. The Hall–Kier alpha value is -0.590. The Morgan fingerprint density at radius 1 is 0.692 bits per heavy atom. The van der Waals surface area contributed by atoms with Gasteiger partial charge in [0.05, 0.1) is 0 Å². The van der Waals surface area contributed by atoms with Gasteiger partial charge in [-0.1, -0.05) is 104 Å². The summed E-state index contributed by atoms with van der Waals surface area (Å²) in [4.78, 5) is 12.6. The lowest BCUT2D eigenvalue weighted by molar-refractivity contribution is -0.113. The van der Waals surface area contributed by atoms with E-state index < -0.39 is 0 Å². The molecule has 0 saturated carbocycles. The Kier molecular flexibility index (Phi) is 16.2. The van der Waals surface area contributed by atoms with Crippen molar-refractivity contribution in [2.24, 2.45) is 11.8 Å². The van der Waals surface area contributed by atoms with Crippen molar-refractivity contribution in [2.75, 3.05) is 0 Å². The van der Waals surface area contributed by atoms with Crippen LogP contribution >= 0.6 is 0 Å². The predicted molar refractivity (Wildman–Crippen MR) is 118 cm³/mol. The van der Waals surface area contributed by atoms with Crippen molar-refractivity contribution in [3.63, 3.8) is 0 Å². The van der Waals surface area contributed by atoms with Gasteiger partial charge in [0.15, 0.2) is 5.78 Å². The quantitative estimate of drug-likeness (QED) is 0.186. The van der Waals surface area contributed by atoms with Gasteiger partial charge in [-0.2, -0.15) is 0 Å². The molecule has 0 N–H and O–H groups in total. The Balaban J connectivity index is 5.39. The molecule has 0 aromatic carbocycles. The second-order valence-electron chi connectivity index (χ2n) is 8.34. The summed E-state index contributed by atoms with van der Waals surface area (Å²) in [5.41, 5.74) is 2.72. The standard InChI is InChI=1S/C25H48O/c1-7-12-15-18-24(19-22(10-4)16-13-8-2)25(21(6)26)20-23(11-5)17-14-9-3/h22-23H,7-20H2,1-6H3. The molecule has 0 spiro atoms. The average Bonchev–Trinajstić information content (AvgIpc) is 2.64. The molecule has 1 heteroatoms. The topological polar surface area (TPSA) is 17.1 Å². The summed E-state index contributed by atoms with van der Waals surface area (Å²) in [7, 11) is 0. The second kappa shape index (κ2) is 16.6. The van der Waals surface area contributed by atoms with Crippen LogP contribution in [-0.4, -0.2) is 5.78 Å². The minimum absolute atomic E-state index is 0.344. The van der Waals surface area contributed by atoms with Crippen LogP contribution in [0.25, 0.3) is 0 Å². The van der Waals surface area contributed by atoms with Gasteiger partial charge in [-0.25, -0.2) is 0 Å². The highest BCUT2D eigenvalue weighted by atomic mass is 16.1. The van der Waals surface area contributed by atoms with E-state index >= 15 is 0 Å². The Morgan fingerprint density at radius 2 is 1.19 bits per heavy atom. The fourth-order valence-electron chi connectivity index (χ4n) is 4.03. The lowest BCUT2D eigenvalue weighted by Crippen LogP contribution is -2.12. The SMILES string of the molecule is CCCCCC(CC(CC)CCCC)=C(CC(CC)CCCC)C(C)=O. The molecule has 154 valence electrons. The highest BCUT2D eigenvalue weighted by Gasteiger charge is 2.19. The molecule has 2 atom stereocenters. The number of Topliss-reactive ketones (excluding diaryl/α,β-unsaturated/α-hetero) is 1. The number of carbonyl (C=O) groups excluding carboxylic acids is 1. The van der Waals surface area contributed by atoms with Gasteiger partial charge < -0.3 is 0 Å². The van der Waals surface area contributed by atoms with Gasteiger partial charge in [0.1, 0.15) is 0 Å². The van der Waals surface area contributed by atoms with Crippen molar-refractivity contribution < 1.29 is 4.79 Å². The van der Waals surface area contributed by atoms with Crippen LogP contribution < -0.4 is 0 Å². The van der Waals surface area contributed by atoms with Gasteiger partial charge in [-0.05, 0) is 50.0 Å². The summed E-state index contributed by atoms with van der Waals surface area (Å²) < 4.78 is 0. The van der Waals surface area contributed by atoms with Gasteiger partial charge >= 0.3 is 0 Å². The van der Waals surface area contributed by atoms with E-state index in [1.165, 1.54) is 88.2 Å². The number of carbonyl (C=O) groups is 1. The van der Waals surface area contributed by atoms with Crippen LogP contribution in [0.2, 0.25) is 0 Å². The van der Waals surface area contributed by atoms with E-state index in [1.54, 1.807) is 0 Å². The fourth-order valence-corrected chi connectivity index (χ4v) is 4.03. The monoisotopic (exact) mass is 364 g/mol. The number of hydrogen-bond donors (Lipinski definition) is 0. The van der Waals surface area contributed by atoms with E-state index in [2.05, 4.69) is 34.6 Å². The first kappa shape index (κ1) is 25.4. The van der Waals surface area contributed by atoms with Crippen LogP contribution in [0.3, 0.4) is 0 Å².